The maximum Gasteiger partial charge on any atom is 0.196 e. The first-order chi connectivity index (χ1) is 8.01. The predicted molar refractivity (Wildman–Crippen MR) is 68.0 cm³/mol. The number of fused-ring (bicyclic) bond motifs is 1. The van der Waals surface area contributed by atoms with Crippen LogP contribution in [0.2, 0.25) is 0 Å². The minimum atomic E-state index is -0.457. The Kier molecular flexibility index (Phi) is 2.92. The number of likely N-dealkylation sites (N-methyl/N-ethyl adjacent to an activating group) is 1. The van der Waals surface area contributed by atoms with E-state index in [0.29, 0.717) is 11.5 Å². The van der Waals surface area contributed by atoms with E-state index < -0.39 is 5.54 Å². The first-order valence-electron chi connectivity index (χ1n) is 5.26. The summed E-state index contributed by atoms with van der Waals surface area (Å²) < 4.78 is 1.76. The number of aromatic nitrogens is 2. The van der Waals surface area contributed by atoms with Crippen LogP contribution < -0.4 is 4.90 Å². The lowest BCUT2D eigenvalue weighted by Gasteiger charge is -2.34. The number of aliphatic hydroxyl groups excluding tert-OH is 1. The maximum absolute atomic E-state index is 11.2. The zero-order valence-electron chi connectivity index (χ0n) is 10.0. The molecule has 17 heavy (non-hydrogen) atoms. The molecule has 0 saturated heterocycles. The summed E-state index contributed by atoms with van der Waals surface area (Å²) in [5.74, 6) is 0.603. The summed E-state index contributed by atoms with van der Waals surface area (Å²) in [4.78, 5) is 18.2. The van der Waals surface area contributed by atoms with Crippen molar-refractivity contribution in [2.45, 2.75) is 19.4 Å². The standard InChI is InChI=1S/C11H15N3O2S/c1-11(2,7-16)13(3)9-8(6-15)14-4-5-17-10(14)12-9/h4-6,16H,7H2,1-3H3. The summed E-state index contributed by atoms with van der Waals surface area (Å²) in [6.07, 6.45) is 2.62. The first kappa shape index (κ1) is 12.1. The number of aldehydes is 1. The van der Waals surface area contributed by atoms with Crippen molar-refractivity contribution in [1.82, 2.24) is 9.38 Å². The molecule has 2 rings (SSSR count). The van der Waals surface area contributed by atoms with Crippen LogP contribution in [0.3, 0.4) is 0 Å². The van der Waals surface area contributed by atoms with E-state index in [2.05, 4.69) is 4.98 Å². The third kappa shape index (κ3) is 1.83. The number of anilines is 1. The van der Waals surface area contributed by atoms with Crippen molar-refractivity contribution in [3.8, 4) is 0 Å². The Morgan fingerprint density at radius 3 is 2.94 bits per heavy atom. The van der Waals surface area contributed by atoms with E-state index in [0.717, 1.165) is 11.2 Å². The van der Waals surface area contributed by atoms with Gasteiger partial charge in [-0.2, -0.15) is 0 Å². The van der Waals surface area contributed by atoms with Crippen LogP contribution in [-0.2, 0) is 0 Å². The number of carbonyl (C=O) groups is 1. The minimum absolute atomic E-state index is 0.00697. The van der Waals surface area contributed by atoms with Crippen LogP contribution in [0, 0.1) is 0 Å². The molecule has 2 aromatic heterocycles. The smallest absolute Gasteiger partial charge is 0.196 e. The molecule has 0 aliphatic rings. The van der Waals surface area contributed by atoms with E-state index in [4.69, 9.17) is 0 Å². The summed E-state index contributed by atoms with van der Waals surface area (Å²) in [5, 5.41) is 11.2. The molecule has 0 aromatic carbocycles. The molecule has 6 heteroatoms. The van der Waals surface area contributed by atoms with Gasteiger partial charge in [0.25, 0.3) is 0 Å². The summed E-state index contributed by atoms with van der Waals surface area (Å²) >= 11 is 1.48. The molecule has 2 aromatic rings. The van der Waals surface area contributed by atoms with Crippen molar-refractivity contribution in [1.29, 1.82) is 0 Å². The van der Waals surface area contributed by atoms with E-state index in [9.17, 15) is 9.90 Å². The van der Waals surface area contributed by atoms with Gasteiger partial charge in [0.2, 0.25) is 0 Å². The molecule has 0 amide bonds. The summed E-state index contributed by atoms with van der Waals surface area (Å²) in [6.45, 7) is 3.79. The number of nitrogens with zero attached hydrogens (tertiary/aromatic N) is 3. The molecule has 0 radical (unpaired) electrons. The van der Waals surface area contributed by atoms with Gasteiger partial charge in [-0.15, -0.1) is 11.3 Å². The summed E-state index contributed by atoms with van der Waals surface area (Å²) in [6, 6.07) is 0. The van der Waals surface area contributed by atoms with Crippen LogP contribution in [0.4, 0.5) is 5.82 Å². The van der Waals surface area contributed by atoms with Gasteiger partial charge in [0.15, 0.2) is 17.1 Å². The van der Waals surface area contributed by atoms with Crippen molar-refractivity contribution in [2.24, 2.45) is 0 Å². The lowest BCUT2D eigenvalue weighted by Crippen LogP contribution is -2.45. The molecule has 0 spiro atoms. The second kappa shape index (κ2) is 4.12. The Hall–Kier alpha value is -1.40. The third-order valence-corrected chi connectivity index (χ3v) is 3.76. The third-order valence-electron chi connectivity index (χ3n) is 3.00. The number of thiazole rings is 1. The lowest BCUT2D eigenvalue weighted by molar-refractivity contribution is 0.111. The number of carbonyl (C=O) groups excluding carboxylic acids is 1. The van der Waals surface area contributed by atoms with Crippen LogP contribution >= 0.6 is 11.3 Å². The number of rotatable bonds is 4. The Bertz CT molecular complexity index is 544. The van der Waals surface area contributed by atoms with E-state index in [1.54, 1.807) is 4.40 Å². The van der Waals surface area contributed by atoms with Gasteiger partial charge in [0.1, 0.15) is 5.69 Å². The van der Waals surface area contributed by atoms with E-state index in [-0.39, 0.29) is 6.61 Å². The van der Waals surface area contributed by atoms with Crippen LogP contribution in [0.15, 0.2) is 11.6 Å². The topological polar surface area (TPSA) is 57.8 Å². The van der Waals surface area contributed by atoms with Crippen molar-refractivity contribution >= 4 is 28.4 Å². The van der Waals surface area contributed by atoms with Gasteiger partial charge in [-0.3, -0.25) is 9.20 Å². The Labute approximate surface area is 103 Å². The monoisotopic (exact) mass is 253 g/mol. The molecule has 0 bridgehead atoms. The van der Waals surface area contributed by atoms with E-state index >= 15 is 0 Å². The molecule has 0 saturated carbocycles. The fraction of sp³-hybridized carbons (Fsp3) is 0.455. The molecule has 0 aliphatic carbocycles. The molecule has 92 valence electrons. The second-order valence-electron chi connectivity index (χ2n) is 4.52. The maximum atomic E-state index is 11.2. The molecule has 0 fully saturated rings. The van der Waals surface area contributed by atoms with Crippen molar-refractivity contribution in [3.63, 3.8) is 0 Å². The van der Waals surface area contributed by atoms with Gasteiger partial charge < -0.3 is 10.0 Å². The van der Waals surface area contributed by atoms with Gasteiger partial charge in [0, 0.05) is 18.6 Å². The van der Waals surface area contributed by atoms with Crippen LogP contribution in [0.25, 0.3) is 4.96 Å². The highest BCUT2D eigenvalue weighted by Crippen LogP contribution is 2.27. The van der Waals surface area contributed by atoms with Gasteiger partial charge in [-0.05, 0) is 13.8 Å². The minimum Gasteiger partial charge on any atom is -0.394 e. The number of imidazole rings is 1. The Morgan fingerprint density at radius 1 is 1.65 bits per heavy atom. The van der Waals surface area contributed by atoms with E-state index in [1.807, 2.05) is 37.4 Å². The normalized spacial score (nSPS) is 12.0. The van der Waals surface area contributed by atoms with Gasteiger partial charge in [-0.1, -0.05) is 0 Å². The molecule has 0 atom stereocenters. The molecular weight excluding hydrogens is 238 g/mol. The average molecular weight is 253 g/mol. The van der Waals surface area contributed by atoms with Crippen LogP contribution in [0.1, 0.15) is 24.3 Å². The Morgan fingerprint density at radius 2 is 2.35 bits per heavy atom. The van der Waals surface area contributed by atoms with Crippen molar-refractivity contribution < 1.29 is 9.90 Å². The molecular formula is C11H15N3O2S. The number of aliphatic hydroxyl groups is 1. The SMILES string of the molecule is CN(c1nc2sccn2c1C=O)C(C)(C)CO. The predicted octanol–water partition coefficient (Wildman–Crippen LogP) is 1.42. The number of hydrogen-bond acceptors (Lipinski definition) is 5. The number of hydrogen-bond donors (Lipinski definition) is 1. The largest absolute Gasteiger partial charge is 0.394 e. The highest BCUT2D eigenvalue weighted by Gasteiger charge is 2.27. The zero-order valence-corrected chi connectivity index (χ0v) is 10.9. The van der Waals surface area contributed by atoms with Crippen molar-refractivity contribution in [2.75, 3.05) is 18.6 Å². The van der Waals surface area contributed by atoms with Crippen LogP contribution in [-0.4, -0.2) is 40.0 Å². The molecule has 2 heterocycles. The summed E-state index contributed by atoms with van der Waals surface area (Å²) in [7, 11) is 1.83. The van der Waals surface area contributed by atoms with Crippen molar-refractivity contribution in [3.05, 3.63) is 17.3 Å². The summed E-state index contributed by atoms with van der Waals surface area (Å²) in [5.41, 5.74) is 0.0622. The van der Waals surface area contributed by atoms with Gasteiger partial charge >= 0.3 is 0 Å². The zero-order chi connectivity index (χ0) is 12.6. The fourth-order valence-electron chi connectivity index (χ4n) is 1.54. The van der Waals surface area contributed by atoms with Gasteiger partial charge in [0.05, 0.1) is 12.1 Å². The average Bonchev–Trinajstić information content (AvgIpc) is 2.87. The highest BCUT2D eigenvalue weighted by atomic mass is 32.1. The van der Waals surface area contributed by atoms with Gasteiger partial charge in [-0.25, -0.2) is 4.98 Å². The Balaban J connectivity index is 2.54. The second-order valence-corrected chi connectivity index (χ2v) is 5.40. The first-order valence-corrected chi connectivity index (χ1v) is 6.14. The van der Waals surface area contributed by atoms with Crippen LogP contribution in [0.5, 0.6) is 0 Å². The quantitative estimate of drug-likeness (QED) is 0.837. The highest BCUT2D eigenvalue weighted by molar-refractivity contribution is 7.15. The molecule has 0 unspecified atom stereocenters. The molecule has 0 aliphatic heterocycles. The molecule has 5 nitrogen and oxygen atoms in total. The van der Waals surface area contributed by atoms with E-state index in [1.165, 1.54) is 11.3 Å². The molecule has 1 N–H and O–H groups in total. The lowest BCUT2D eigenvalue weighted by atomic mass is 10.1. The fourth-order valence-corrected chi connectivity index (χ4v) is 2.26.